The fraction of sp³-hybridized carbons (Fsp3) is 0.500. The number of nitrogens with one attached hydrogen (secondary N) is 2. The molecular weight excluding hydrogens is 268 g/mol. The number of carbonyl (C=O) groups excluding carboxylic acids is 2. The first-order valence-corrected chi connectivity index (χ1v) is 7.35. The van der Waals surface area contributed by atoms with E-state index in [1.54, 1.807) is 24.3 Å². The minimum atomic E-state index is -0.345. The van der Waals surface area contributed by atoms with Crippen molar-refractivity contribution in [2.24, 2.45) is 5.92 Å². The maximum absolute atomic E-state index is 11.7. The van der Waals surface area contributed by atoms with Crippen molar-refractivity contribution in [3.05, 3.63) is 29.8 Å². The third-order valence-electron chi connectivity index (χ3n) is 2.74. The lowest BCUT2D eigenvalue weighted by Crippen LogP contribution is -2.29. The zero-order valence-electron chi connectivity index (χ0n) is 12.9. The lowest BCUT2D eigenvalue weighted by Gasteiger charge is -2.09. The Balaban J connectivity index is 2.46. The van der Waals surface area contributed by atoms with Crippen molar-refractivity contribution in [1.29, 1.82) is 0 Å². The summed E-state index contributed by atoms with van der Waals surface area (Å²) in [4.78, 5) is 23.3. The monoisotopic (exact) mass is 292 g/mol. The first-order chi connectivity index (χ1) is 10.0. The van der Waals surface area contributed by atoms with Gasteiger partial charge in [-0.05, 0) is 36.6 Å². The van der Waals surface area contributed by atoms with Crippen LogP contribution in [0.25, 0.3) is 0 Å². The van der Waals surface area contributed by atoms with Crippen LogP contribution < -0.4 is 10.6 Å². The number of anilines is 1. The summed E-state index contributed by atoms with van der Waals surface area (Å²) in [5.41, 5.74) is 1.12. The quantitative estimate of drug-likeness (QED) is 0.597. The van der Waals surface area contributed by atoms with Gasteiger partial charge in [0, 0.05) is 12.2 Å². The maximum atomic E-state index is 11.7. The van der Waals surface area contributed by atoms with Crippen molar-refractivity contribution >= 4 is 17.7 Å². The molecule has 0 saturated heterocycles. The largest absolute Gasteiger partial charge is 0.462 e. The van der Waals surface area contributed by atoms with Crippen LogP contribution in [0.3, 0.4) is 0 Å². The van der Waals surface area contributed by atoms with Gasteiger partial charge < -0.3 is 15.4 Å². The summed E-state index contributed by atoms with van der Waals surface area (Å²) in [6.45, 7) is 7.09. The number of esters is 1. The number of hydrogen-bond donors (Lipinski definition) is 2. The Morgan fingerprint density at radius 2 is 1.86 bits per heavy atom. The molecule has 0 fully saturated rings. The van der Waals surface area contributed by atoms with Crippen LogP contribution in [0.2, 0.25) is 0 Å². The third-order valence-corrected chi connectivity index (χ3v) is 2.74. The zero-order chi connectivity index (χ0) is 15.7. The molecule has 5 heteroatoms. The standard InChI is InChI=1S/C16H24N2O3/c1-4-5-10-17-16(20)18-14-8-6-13(7-9-14)15(19)21-11-12(2)3/h6-9,12H,4-5,10-11H2,1-3H3,(H2,17,18,20). The molecule has 0 aliphatic rings. The summed E-state index contributed by atoms with van der Waals surface area (Å²) in [6, 6.07) is 6.42. The van der Waals surface area contributed by atoms with Crippen molar-refractivity contribution in [2.75, 3.05) is 18.5 Å². The van der Waals surface area contributed by atoms with E-state index in [1.807, 2.05) is 13.8 Å². The van der Waals surface area contributed by atoms with Gasteiger partial charge in [0.2, 0.25) is 0 Å². The van der Waals surface area contributed by atoms with Gasteiger partial charge in [0.25, 0.3) is 0 Å². The average Bonchev–Trinajstić information content (AvgIpc) is 2.45. The number of benzene rings is 1. The van der Waals surface area contributed by atoms with Gasteiger partial charge in [0.1, 0.15) is 0 Å². The van der Waals surface area contributed by atoms with Gasteiger partial charge >= 0.3 is 12.0 Å². The molecule has 1 rings (SSSR count). The van der Waals surface area contributed by atoms with Crippen LogP contribution in [-0.4, -0.2) is 25.2 Å². The number of carbonyl (C=O) groups is 2. The van der Waals surface area contributed by atoms with E-state index in [0.29, 0.717) is 30.3 Å². The van der Waals surface area contributed by atoms with Crippen molar-refractivity contribution < 1.29 is 14.3 Å². The second-order valence-electron chi connectivity index (χ2n) is 5.30. The van der Waals surface area contributed by atoms with E-state index in [0.717, 1.165) is 12.8 Å². The van der Waals surface area contributed by atoms with E-state index < -0.39 is 0 Å². The van der Waals surface area contributed by atoms with E-state index in [9.17, 15) is 9.59 Å². The Hall–Kier alpha value is -2.04. The van der Waals surface area contributed by atoms with Gasteiger partial charge in [0.15, 0.2) is 0 Å². The number of hydrogen-bond acceptors (Lipinski definition) is 3. The van der Waals surface area contributed by atoms with Crippen LogP contribution in [0.15, 0.2) is 24.3 Å². The van der Waals surface area contributed by atoms with Gasteiger partial charge in [0.05, 0.1) is 12.2 Å². The fourth-order valence-electron chi connectivity index (χ4n) is 1.57. The smallest absolute Gasteiger partial charge is 0.338 e. The highest BCUT2D eigenvalue weighted by Gasteiger charge is 2.08. The molecule has 0 spiro atoms. The van der Waals surface area contributed by atoms with Crippen LogP contribution in [0.4, 0.5) is 10.5 Å². The summed E-state index contributed by atoms with van der Waals surface area (Å²) in [5, 5.41) is 5.48. The minimum Gasteiger partial charge on any atom is -0.462 e. The maximum Gasteiger partial charge on any atom is 0.338 e. The van der Waals surface area contributed by atoms with Crippen molar-refractivity contribution in [3.63, 3.8) is 0 Å². The average molecular weight is 292 g/mol. The van der Waals surface area contributed by atoms with E-state index in [4.69, 9.17) is 4.74 Å². The lowest BCUT2D eigenvalue weighted by molar-refractivity contribution is 0.0459. The predicted molar refractivity (Wildman–Crippen MR) is 83.5 cm³/mol. The van der Waals surface area contributed by atoms with Crippen LogP contribution in [0, 0.1) is 5.92 Å². The van der Waals surface area contributed by atoms with Crippen LogP contribution in [0.1, 0.15) is 44.0 Å². The highest BCUT2D eigenvalue weighted by atomic mass is 16.5. The molecule has 0 saturated carbocycles. The summed E-state index contributed by atoms with van der Waals surface area (Å²) in [6.07, 6.45) is 1.99. The Labute approximate surface area is 126 Å². The highest BCUT2D eigenvalue weighted by molar-refractivity contribution is 5.92. The Morgan fingerprint density at radius 3 is 2.43 bits per heavy atom. The van der Waals surface area contributed by atoms with E-state index in [2.05, 4.69) is 17.6 Å². The molecule has 0 aliphatic carbocycles. The summed E-state index contributed by atoms with van der Waals surface area (Å²) in [5.74, 6) is -0.0376. The van der Waals surface area contributed by atoms with Gasteiger partial charge in [-0.3, -0.25) is 0 Å². The molecule has 0 heterocycles. The van der Waals surface area contributed by atoms with Gasteiger partial charge in [-0.2, -0.15) is 0 Å². The Bertz CT molecular complexity index is 455. The van der Waals surface area contributed by atoms with Gasteiger partial charge in [-0.25, -0.2) is 9.59 Å². The van der Waals surface area contributed by atoms with Crippen LogP contribution >= 0.6 is 0 Å². The lowest BCUT2D eigenvalue weighted by atomic mass is 10.2. The highest BCUT2D eigenvalue weighted by Crippen LogP contribution is 2.11. The molecule has 1 aromatic rings. The molecule has 0 radical (unpaired) electrons. The van der Waals surface area contributed by atoms with Gasteiger partial charge in [-0.1, -0.05) is 27.2 Å². The first kappa shape index (κ1) is 17.0. The normalized spacial score (nSPS) is 10.3. The molecule has 0 bridgehead atoms. The summed E-state index contributed by atoms with van der Waals surface area (Å²) < 4.78 is 5.14. The molecule has 116 valence electrons. The SMILES string of the molecule is CCCCNC(=O)Nc1ccc(C(=O)OCC(C)C)cc1. The molecule has 2 N–H and O–H groups in total. The molecule has 21 heavy (non-hydrogen) atoms. The Morgan fingerprint density at radius 1 is 1.19 bits per heavy atom. The van der Waals surface area contributed by atoms with E-state index in [-0.39, 0.29) is 12.0 Å². The predicted octanol–water partition coefficient (Wildman–Crippen LogP) is 3.42. The first-order valence-electron chi connectivity index (χ1n) is 7.35. The molecular formula is C16H24N2O3. The zero-order valence-corrected chi connectivity index (χ0v) is 12.9. The number of unbranched alkanes of at least 4 members (excludes halogenated alkanes) is 1. The van der Waals surface area contributed by atoms with Crippen molar-refractivity contribution in [1.82, 2.24) is 5.32 Å². The van der Waals surface area contributed by atoms with Gasteiger partial charge in [-0.15, -0.1) is 0 Å². The minimum absolute atomic E-state index is 0.237. The fourth-order valence-corrected chi connectivity index (χ4v) is 1.57. The van der Waals surface area contributed by atoms with E-state index in [1.165, 1.54) is 0 Å². The summed E-state index contributed by atoms with van der Waals surface area (Å²) >= 11 is 0. The van der Waals surface area contributed by atoms with Crippen molar-refractivity contribution in [3.8, 4) is 0 Å². The third kappa shape index (κ3) is 6.79. The second-order valence-corrected chi connectivity index (χ2v) is 5.30. The Kier molecular flexibility index (Phi) is 7.29. The molecule has 1 aromatic carbocycles. The molecule has 0 unspecified atom stereocenters. The molecule has 0 atom stereocenters. The molecule has 0 aliphatic heterocycles. The molecule has 5 nitrogen and oxygen atoms in total. The second kappa shape index (κ2) is 9.00. The number of ether oxygens (including phenoxy) is 1. The number of urea groups is 1. The number of amides is 2. The summed E-state index contributed by atoms with van der Waals surface area (Å²) in [7, 11) is 0. The van der Waals surface area contributed by atoms with Crippen LogP contribution in [-0.2, 0) is 4.74 Å². The molecule has 2 amide bonds. The molecule has 0 aromatic heterocycles. The van der Waals surface area contributed by atoms with Crippen LogP contribution in [0.5, 0.6) is 0 Å². The topological polar surface area (TPSA) is 67.4 Å². The number of rotatable bonds is 7. The van der Waals surface area contributed by atoms with E-state index >= 15 is 0 Å². The van der Waals surface area contributed by atoms with Crippen molar-refractivity contribution in [2.45, 2.75) is 33.6 Å².